The Hall–Kier alpha value is -2.56. The zero-order chi connectivity index (χ0) is 14.7. The van der Waals surface area contributed by atoms with Gasteiger partial charge in [0.1, 0.15) is 17.6 Å². The number of carbonyl (C=O) groups is 1. The first-order chi connectivity index (χ1) is 9.47. The molecule has 2 aromatic rings. The molecule has 0 radical (unpaired) electrons. The van der Waals surface area contributed by atoms with E-state index < -0.39 is 5.97 Å². The van der Waals surface area contributed by atoms with Crippen molar-refractivity contribution in [3.8, 4) is 5.75 Å². The lowest BCUT2D eigenvalue weighted by Crippen LogP contribution is -2.09. The number of esters is 1. The van der Waals surface area contributed by atoms with Gasteiger partial charge in [0.15, 0.2) is 5.43 Å². The van der Waals surface area contributed by atoms with E-state index in [9.17, 15) is 14.7 Å². The van der Waals surface area contributed by atoms with E-state index in [2.05, 4.69) is 0 Å². The van der Waals surface area contributed by atoms with Gasteiger partial charge in [0.25, 0.3) is 0 Å². The van der Waals surface area contributed by atoms with Gasteiger partial charge >= 0.3 is 5.97 Å². The lowest BCUT2D eigenvalue weighted by molar-refractivity contribution is -0.141. The number of ether oxygens (including phenoxy) is 1. The van der Waals surface area contributed by atoms with E-state index in [4.69, 9.17) is 9.15 Å². The molecule has 0 amide bonds. The molecule has 0 fully saturated rings. The Bertz CT molecular complexity index is 725. The Morgan fingerprint density at radius 1 is 1.40 bits per heavy atom. The topological polar surface area (TPSA) is 76.7 Å². The van der Waals surface area contributed by atoms with Crippen LogP contribution >= 0.6 is 0 Å². The number of hydrogen-bond donors (Lipinski definition) is 1. The highest BCUT2D eigenvalue weighted by Crippen LogP contribution is 2.18. The van der Waals surface area contributed by atoms with Crippen molar-refractivity contribution in [2.75, 3.05) is 0 Å². The van der Waals surface area contributed by atoms with Gasteiger partial charge in [-0.3, -0.25) is 4.79 Å². The molecule has 1 aromatic carbocycles. The highest BCUT2D eigenvalue weighted by molar-refractivity contribution is 5.88. The predicted octanol–water partition coefficient (Wildman–Crippen LogP) is 2.46. The van der Waals surface area contributed by atoms with E-state index in [-0.39, 0.29) is 28.4 Å². The third-order valence-electron chi connectivity index (χ3n) is 2.54. The molecule has 2 rings (SSSR count). The summed E-state index contributed by atoms with van der Waals surface area (Å²) < 4.78 is 10.2. The van der Waals surface area contributed by atoms with Crippen molar-refractivity contribution < 1.29 is 19.1 Å². The first-order valence-corrected chi connectivity index (χ1v) is 6.10. The third-order valence-corrected chi connectivity index (χ3v) is 2.54. The minimum Gasteiger partial charge on any atom is -0.508 e. The van der Waals surface area contributed by atoms with Gasteiger partial charge in [-0.15, -0.1) is 0 Å². The monoisotopic (exact) mass is 274 g/mol. The maximum atomic E-state index is 12.1. The molecular formula is C15H14O5. The second-order valence-corrected chi connectivity index (χ2v) is 4.52. The normalized spacial score (nSPS) is 11.3. The number of carbonyl (C=O) groups excluding carboxylic acids is 1. The van der Waals surface area contributed by atoms with Crippen LogP contribution in [0.3, 0.4) is 0 Å². The molecule has 0 aliphatic carbocycles. The van der Waals surface area contributed by atoms with Crippen LogP contribution in [0, 0.1) is 0 Å². The number of phenols is 1. The van der Waals surface area contributed by atoms with Crippen LogP contribution in [0.2, 0.25) is 0 Å². The quantitative estimate of drug-likeness (QED) is 0.687. The maximum absolute atomic E-state index is 12.1. The predicted molar refractivity (Wildman–Crippen MR) is 74.4 cm³/mol. The SMILES string of the molecule is CC(C)OC(=O)/C=C/c1coc2cc(O)ccc2c1=O. The van der Waals surface area contributed by atoms with Crippen LogP contribution in [0.4, 0.5) is 0 Å². The summed E-state index contributed by atoms with van der Waals surface area (Å²) in [6.45, 7) is 3.48. The van der Waals surface area contributed by atoms with Gasteiger partial charge in [-0.2, -0.15) is 0 Å². The second-order valence-electron chi connectivity index (χ2n) is 4.52. The first-order valence-electron chi connectivity index (χ1n) is 6.10. The van der Waals surface area contributed by atoms with E-state index in [0.717, 1.165) is 0 Å². The molecule has 5 heteroatoms. The van der Waals surface area contributed by atoms with Gasteiger partial charge in [-0.25, -0.2) is 4.79 Å². The van der Waals surface area contributed by atoms with Gasteiger partial charge in [-0.05, 0) is 32.1 Å². The summed E-state index contributed by atoms with van der Waals surface area (Å²) in [6, 6.07) is 4.23. The molecule has 104 valence electrons. The fourth-order valence-electron chi connectivity index (χ4n) is 1.68. The molecule has 0 saturated heterocycles. The Morgan fingerprint density at radius 3 is 2.85 bits per heavy atom. The number of benzene rings is 1. The van der Waals surface area contributed by atoms with Crippen LogP contribution in [-0.4, -0.2) is 17.2 Å². The van der Waals surface area contributed by atoms with Crippen molar-refractivity contribution in [1.29, 1.82) is 0 Å². The molecule has 0 saturated carbocycles. The van der Waals surface area contributed by atoms with Crippen LogP contribution in [0.5, 0.6) is 5.75 Å². The molecule has 0 unspecified atom stereocenters. The molecule has 0 spiro atoms. The van der Waals surface area contributed by atoms with Crippen LogP contribution in [0.1, 0.15) is 19.4 Å². The standard InChI is InChI=1S/C15H14O5/c1-9(2)20-14(17)6-3-10-8-19-13-7-11(16)4-5-12(13)15(10)18/h3-9,16H,1-2H3/b6-3+. The summed E-state index contributed by atoms with van der Waals surface area (Å²) in [5.41, 5.74) is 0.251. The molecule has 1 heterocycles. The largest absolute Gasteiger partial charge is 0.508 e. The lowest BCUT2D eigenvalue weighted by Gasteiger charge is -2.03. The number of hydrogen-bond acceptors (Lipinski definition) is 5. The maximum Gasteiger partial charge on any atom is 0.331 e. The van der Waals surface area contributed by atoms with Crippen LogP contribution in [0.25, 0.3) is 17.0 Å². The van der Waals surface area contributed by atoms with Crippen LogP contribution in [0.15, 0.2) is 39.7 Å². The van der Waals surface area contributed by atoms with Crippen LogP contribution < -0.4 is 5.43 Å². The van der Waals surface area contributed by atoms with Gasteiger partial charge in [0.2, 0.25) is 0 Å². The molecule has 5 nitrogen and oxygen atoms in total. The molecule has 0 aliphatic heterocycles. The summed E-state index contributed by atoms with van der Waals surface area (Å²) >= 11 is 0. The minimum atomic E-state index is -0.523. The van der Waals surface area contributed by atoms with Gasteiger partial charge in [0.05, 0.1) is 17.1 Å². The fourth-order valence-corrected chi connectivity index (χ4v) is 1.68. The van der Waals surface area contributed by atoms with Crippen molar-refractivity contribution in [2.45, 2.75) is 20.0 Å². The molecule has 0 atom stereocenters. The minimum absolute atomic E-state index is 0.0180. The highest BCUT2D eigenvalue weighted by Gasteiger charge is 2.06. The Balaban J connectivity index is 2.34. The summed E-state index contributed by atoms with van der Waals surface area (Å²) in [5, 5.41) is 9.65. The van der Waals surface area contributed by atoms with Crippen molar-refractivity contribution in [3.05, 3.63) is 46.3 Å². The van der Waals surface area contributed by atoms with Crippen LogP contribution in [-0.2, 0) is 9.53 Å². The van der Waals surface area contributed by atoms with Crippen molar-refractivity contribution in [3.63, 3.8) is 0 Å². The molecule has 1 N–H and O–H groups in total. The smallest absolute Gasteiger partial charge is 0.331 e. The van der Waals surface area contributed by atoms with E-state index in [0.29, 0.717) is 5.39 Å². The van der Waals surface area contributed by atoms with Crippen molar-refractivity contribution in [1.82, 2.24) is 0 Å². The molecule has 0 bridgehead atoms. The summed E-state index contributed by atoms with van der Waals surface area (Å²) in [6.07, 6.45) is 3.55. The van der Waals surface area contributed by atoms with E-state index >= 15 is 0 Å². The van der Waals surface area contributed by atoms with Gasteiger partial charge in [-0.1, -0.05) is 0 Å². The number of fused-ring (bicyclic) bond motifs is 1. The van der Waals surface area contributed by atoms with Gasteiger partial charge < -0.3 is 14.3 Å². The van der Waals surface area contributed by atoms with Gasteiger partial charge in [0, 0.05) is 12.1 Å². The fraction of sp³-hybridized carbons (Fsp3) is 0.200. The first kappa shape index (κ1) is 13.9. The molecule has 1 aromatic heterocycles. The highest BCUT2D eigenvalue weighted by atomic mass is 16.5. The van der Waals surface area contributed by atoms with Crippen molar-refractivity contribution in [2.24, 2.45) is 0 Å². The third kappa shape index (κ3) is 3.06. The number of phenolic OH excluding ortho intramolecular Hbond substituents is 1. The zero-order valence-corrected chi connectivity index (χ0v) is 11.1. The average molecular weight is 274 g/mol. The van der Waals surface area contributed by atoms with Crippen molar-refractivity contribution >= 4 is 23.0 Å². The van der Waals surface area contributed by atoms with E-state index in [1.807, 2.05) is 0 Å². The lowest BCUT2D eigenvalue weighted by atomic mass is 10.1. The number of aromatic hydroxyl groups is 1. The Morgan fingerprint density at radius 2 is 2.15 bits per heavy atom. The van der Waals surface area contributed by atoms with E-state index in [1.54, 1.807) is 13.8 Å². The Kier molecular flexibility index (Phi) is 3.89. The summed E-state index contributed by atoms with van der Waals surface area (Å²) in [7, 11) is 0. The summed E-state index contributed by atoms with van der Waals surface area (Å²) in [4.78, 5) is 23.5. The molecular weight excluding hydrogens is 260 g/mol. The second kappa shape index (κ2) is 5.61. The molecule has 20 heavy (non-hydrogen) atoms. The van der Waals surface area contributed by atoms with E-state index in [1.165, 1.54) is 36.6 Å². The summed E-state index contributed by atoms with van der Waals surface area (Å²) in [5.74, 6) is -0.505. The molecule has 0 aliphatic rings. The number of rotatable bonds is 3. The Labute approximate surface area is 115 Å². The average Bonchev–Trinajstić information content (AvgIpc) is 2.37. The zero-order valence-electron chi connectivity index (χ0n) is 11.1.